The third kappa shape index (κ3) is 1.70. The van der Waals surface area contributed by atoms with Crippen LogP contribution in [0.5, 0.6) is 0 Å². The SMILES string of the molecule is N#Cc1cccc(N2C3CCC2CC(=O)C3)c1. The molecular formula is C14H14N2O. The number of benzene rings is 1. The van der Waals surface area contributed by atoms with Gasteiger partial charge in [-0.05, 0) is 31.0 Å². The summed E-state index contributed by atoms with van der Waals surface area (Å²) in [6.45, 7) is 0. The molecule has 2 fully saturated rings. The van der Waals surface area contributed by atoms with E-state index in [0.29, 0.717) is 36.3 Å². The minimum absolute atomic E-state index is 0.357. The van der Waals surface area contributed by atoms with Gasteiger partial charge in [0, 0.05) is 30.6 Å². The third-order valence-corrected chi connectivity index (χ3v) is 3.82. The van der Waals surface area contributed by atoms with Crippen molar-refractivity contribution in [2.24, 2.45) is 0 Å². The Morgan fingerprint density at radius 3 is 2.59 bits per heavy atom. The lowest BCUT2D eigenvalue weighted by atomic mass is 10.00. The quantitative estimate of drug-likeness (QED) is 0.737. The molecule has 0 saturated carbocycles. The Labute approximate surface area is 101 Å². The zero-order chi connectivity index (χ0) is 11.8. The minimum Gasteiger partial charge on any atom is -0.365 e. The molecule has 17 heavy (non-hydrogen) atoms. The number of rotatable bonds is 1. The summed E-state index contributed by atoms with van der Waals surface area (Å²) in [7, 11) is 0. The van der Waals surface area contributed by atoms with Crippen LogP contribution in [0.4, 0.5) is 5.69 Å². The van der Waals surface area contributed by atoms with Gasteiger partial charge in [0.25, 0.3) is 0 Å². The standard InChI is InChI=1S/C14H14N2O/c15-9-10-2-1-3-11(6-10)16-12-4-5-13(16)8-14(17)7-12/h1-3,6,12-13H,4-5,7-8H2. The van der Waals surface area contributed by atoms with E-state index in [9.17, 15) is 4.79 Å². The number of Topliss-reactive ketones (excluding diaryl/α,β-unsaturated/α-hetero) is 1. The van der Waals surface area contributed by atoms with Gasteiger partial charge in [-0.15, -0.1) is 0 Å². The fraction of sp³-hybridized carbons (Fsp3) is 0.429. The Morgan fingerprint density at radius 1 is 1.24 bits per heavy atom. The van der Waals surface area contributed by atoms with E-state index in [-0.39, 0.29) is 0 Å². The van der Waals surface area contributed by atoms with Crippen LogP contribution in [0.3, 0.4) is 0 Å². The molecule has 2 saturated heterocycles. The first-order valence-electron chi connectivity index (χ1n) is 6.08. The first-order valence-corrected chi connectivity index (χ1v) is 6.08. The lowest BCUT2D eigenvalue weighted by Gasteiger charge is -2.36. The van der Waals surface area contributed by atoms with Gasteiger partial charge < -0.3 is 4.90 Å². The molecule has 0 radical (unpaired) electrons. The van der Waals surface area contributed by atoms with Crippen LogP contribution in [-0.4, -0.2) is 17.9 Å². The van der Waals surface area contributed by atoms with Crippen LogP contribution in [0.25, 0.3) is 0 Å². The molecule has 0 N–H and O–H groups in total. The highest BCUT2D eigenvalue weighted by atomic mass is 16.1. The van der Waals surface area contributed by atoms with E-state index < -0.39 is 0 Å². The Hall–Kier alpha value is -1.82. The number of fused-ring (bicyclic) bond motifs is 2. The highest BCUT2D eigenvalue weighted by Crippen LogP contribution is 2.37. The van der Waals surface area contributed by atoms with Crippen LogP contribution >= 0.6 is 0 Å². The largest absolute Gasteiger partial charge is 0.365 e. The van der Waals surface area contributed by atoms with Crippen LogP contribution in [0.1, 0.15) is 31.2 Å². The maximum Gasteiger partial charge on any atom is 0.137 e. The fourth-order valence-electron chi connectivity index (χ4n) is 3.13. The van der Waals surface area contributed by atoms with Crippen molar-refractivity contribution in [3.63, 3.8) is 0 Å². The number of nitrogens with zero attached hydrogens (tertiary/aromatic N) is 2. The summed E-state index contributed by atoms with van der Waals surface area (Å²) in [6, 6.07) is 10.6. The van der Waals surface area contributed by atoms with Gasteiger partial charge >= 0.3 is 0 Å². The molecule has 0 aromatic heterocycles. The van der Waals surface area contributed by atoms with Gasteiger partial charge in [-0.25, -0.2) is 0 Å². The van der Waals surface area contributed by atoms with Crippen molar-refractivity contribution < 1.29 is 4.79 Å². The van der Waals surface area contributed by atoms with Gasteiger partial charge in [-0.1, -0.05) is 6.07 Å². The average Bonchev–Trinajstić information content (AvgIpc) is 2.62. The smallest absolute Gasteiger partial charge is 0.137 e. The molecule has 2 atom stereocenters. The molecule has 2 bridgehead atoms. The topological polar surface area (TPSA) is 44.1 Å². The summed E-state index contributed by atoms with van der Waals surface area (Å²) >= 11 is 0. The molecule has 86 valence electrons. The second-order valence-corrected chi connectivity index (χ2v) is 4.90. The second-order valence-electron chi connectivity index (χ2n) is 4.90. The summed E-state index contributed by atoms with van der Waals surface area (Å²) in [5.74, 6) is 0.394. The van der Waals surface area contributed by atoms with Crippen molar-refractivity contribution in [2.75, 3.05) is 4.90 Å². The fourth-order valence-corrected chi connectivity index (χ4v) is 3.13. The molecule has 0 amide bonds. The maximum absolute atomic E-state index is 11.5. The molecule has 1 aromatic rings. The Kier molecular flexibility index (Phi) is 2.36. The molecule has 3 heteroatoms. The van der Waals surface area contributed by atoms with E-state index in [1.807, 2.05) is 24.3 Å². The van der Waals surface area contributed by atoms with Gasteiger partial charge in [-0.3, -0.25) is 4.79 Å². The van der Waals surface area contributed by atoms with E-state index in [1.54, 1.807) is 0 Å². The van der Waals surface area contributed by atoms with Crippen LogP contribution in [0, 0.1) is 11.3 Å². The molecule has 2 aliphatic rings. The Balaban J connectivity index is 1.94. The van der Waals surface area contributed by atoms with Crippen LogP contribution in [0.15, 0.2) is 24.3 Å². The predicted molar refractivity (Wildman–Crippen MR) is 64.7 cm³/mol. The van der Waals surface area contributed by atoms with E-state index in [4.69, 9.17) is 5.26 Å². The Bertz CT molecular complexity index is 487. The van der Waals surface area contributed by atoms with E-state index in [2.05, 4.69) is 11.0 Å². The molecule has 3 nitrogen and oxygen atoms in total. The van der Waals surface area contributed by atoms with E-state index in [0.717, 1.165) is 18.5 Å². The van der Waals surface area contributed by atoms with Gasteiger partial charge in [0.05, 0.1) is 11.6 Å². The van der Waals surface area contributed by atoms with Crippen LogP contribution in [-0.2, 0) is 4.79 Å². The second kappa shape index (κ2) is 3.89. The van der Waals surface area contributed by atoms with Gasteiger partial charge in [0.1, 0.15) is 5.78 Å². The zero-order valence-corrected chi connectivity index (χ0v) is 9.60. The number of hydrogen-bond acceptors (Lipinski definition) is 3. The molecule has 0 spiro atoms. The molecule has 2 aliphatic heterocycles. The maximum atomic E-state index is 11.5. The highest BCUT2D eigenvalue weighted by molar-refractivity contribution is 5.83. The molecule has 1 aromatic carbocycles. The average molecular weight is 226 g/mol. The van der Waals surface area contributed by atoms with Gasteiger partial charge in [0.2, 0.25) is 0 Å². The van der Waals surface area contributed by atoms with Crippen molar-refractivity contribution in [3.05, 3.63) is 29.8 Å². The summed E-state index contributed by atoms with van der Waals surface area (Å²) in [5, 5.41) is 8.93. The van der Waals surface area contributed by atoms with Gasteiger partial charge in [-0.2, -0.15) is 5.26 Å². The molecule has 0 aliphatic carbocycles. The Morgan fingerprint density at radius 2 is 1.94 bits per heavy atom. The van der Waals surface area contributed by atoms with Crippen molar-refractivity contribution in [1.29, 1.82) is 5.26 Å². The zero-order valence-electron chi connectivity index (χ0n) is 9.60. The number of nitriles is 1. The van der Waals surface area contributed by atoms with E-state index in [1.165, 1.54) is 0 Å². The normalized spacial score (nSPS) is 27.0. The van der Waals surface area contributed by atoms with Crippen LogP contribution in [0.2, 0.25) is 0 Å². The van der Waals surface area contributed by atoms with Crippen molar-refractivity contribution >= 4 is 11.5 Å². The molecule has 2 heterocycles. The monoisotopic (exact) mass is 226 g/mol. The predicted octanol–water partition coefficient (Wildman–Crippen LogP) is 2.26. The third-order valence-electron chi connectivity index (χ3n) is 3.82. The lowest BCUT2D eigenvalue weighted by Crippen LogP contribution is -2.43. The summed E-state index contributed by atoms with van der Waals surface area (Å²) in [4.78, 5) is 13.9. The number of anilines is 1. The summed E-state index contributed by atoms with van der Waals surface area (Å²) in [5.41, 5.74) is 1.79. The number of ketones is 1. The highest BCUT2D eigenvalue weighted by Gasteiger charge is 2.40. The number of hydrogen-bond donors (Lipinski definition) is 0. The van der Waals surface area contributed by atoms with Crippen molar-refractivity contribution in [2.45, 2.75) is 37.8 Å². The molecule has 2 unspecified atom stereocenters. The number of carbonyl (C=O) groups excluding carboxylic acids is 1. The van der Waals surface area contributed by atoms with Crippen LogP contribution < -0.4 is 4.90 Å². The lowest BCUT2D eigenvalue weighted by molar-refractivity contribution is -0.120. The van der Waals surface area contributed by atoms with Gasteiger partial charge in [0.15, 0.2) is 0 Å². The first-order chi connectivity index (χ1) is 8.28. The molecule has 3 rings (SSSR count). The summed E-state index contributed by atoms with van der Waals surface area (Å²) < 4.78 is 0. The number of piperidine rings is 1. The van der Waals surface area contributed by atoms with Crippen molar-refractivity contribution in [3.8, 4) is 6.07 Å². The first kappa shape index (κ1) is 10.3. The van der Waals surface area contributed by atoms with E-state index >= 15 is 0 Å². The minimum atomic E-state index is 0.357. The summed E-state index contributed by atoms with van der Waals surface area (Å²) in [6.07, 6.45) is 3.56. The molecular weight excluding hydrogens is 212 g/mol. The number of carbonyl (C=O) groups is 1. The van der Waals surface area contributed by atoms with Crippen molar-refractivity contribution in [1.82, 2.24) is 0 Å².